The lowest BCUT2D eigenvalue weighted by Gasteiger charge is -2.24. The van der Waals surface area contributed by atoms with Crippen molar-refractivity contribution >= 4 is 47.4 Å². The average Bonchev–Trinajstić information content (AvgIpc) is 2.63. The molecule has 2 N–H and O–H groups in total. The molecule has 1 amide bonds. The molecule has 1 aliphatic heterocycles. The van der Waals surface area contributed by atoms with Crippen molar-refractivity contribution in [1.82, 2.24) is 15.5 Å². The number of likely N-dealkylation sites (N-methyl/N-ethyl adjacent to an activating group) is 1. The third-order valence-corrected chi connectivity index (χ3v) is 4.26. The van der Waals surface area contributed by atoms with E-state index in [-0.39, 0.29) is 42.5 Å². The predicted molar refractivity (Wildman–Crippen MR) is 116 cm³/mol. The Kier molecular flexibility index (Phi) is 10.9. The molecular formula is C18H28ClIN4O2. The highest BCUT2D eigenvalue weighted by molar-refractivity contribution is 14.0. The van der Waals surface area contributed by atoms with Crippen LogP contribution in [0.25, 0.3) is 0 Å². The van der Waals surface area contributed by atoms with Gasteiger partial charge in [-0.25, -0.2) is 4.99 Å². The third kappa shape index (κ3) is 8.55. The minimum Gasteiger partial charge on any atom is -0.376 e. The molecule has 2 rings (SSSR count). The standard InChI is InChI=1S/C18H27ClN4O2.HI/c1-23(2)17(24)13-22-18(21-12-16-5-3-4-10-25-16)20-11-14-6-8-15(19)9-7-14;/h6-9,16H,3-5,10-13H2,1-2H3,(H2,20,21,22);1H. The van der Waals surface area contributed by atoms with E-state index in [2.05, 4.69) is 15.6 Å². The van der Waals surface area contributed by atoms with E-state index in [1.54, 1.807) is 19.0 Å². The normalized spacial score (nSPS) is 17.2. The lowest BCUT2D eigenvalue weighted by atomic mass is 10.1. The SMILES string of the molecule is CN(C)C(=O)CNC(=NCc1ccc(Cl)cc1)NCC1CCCCO1.I. The van der Waals surface area contributed by atoms with Crippen molar-refractivity contribution < 1.29 is 9.53 Å². The van der Waals surface area contributed by atoms with Crippen LogP contribution in [-0.4, -0.2) is 56.7 Å². The maximum Gasteiger partial charge on any atom is 0.241 e. The molecule has 1 unspecified atom stereocenters. The van der Waals surface area contributed by atoms with E-state index in [0.29, 0.717) is 24.1 Å². The van der Waals surface area contributed by atoms with Crippen LogP contribution in [0.5, 0.6) is 0 Å². The fourth-order valence-electron chi connectivity index (χ4n) is 2.43. The molecule has 1 aliphatic rings. The molecule has 1 fully saturated rings. The van der Waals surface area contributed by atoms with E-state index < -0.39 is 0 Å². The summed E-state index contributed by atoms with van der Waals surface area (Å²) in [6.07, 6.45) is 3.56. The number of amides is 1. The van der Waals surface area contributed by atoms with Crippen molar-refractivity contribution in [3.8, 4) is 0 Å². The lowest BCUT2D eigenvalue weighted by Crippen LogP contribution is -2.45. The number of hydrogen-bond donors (Lipinski definition) is 2. The fraction of sp³-hybridized carbons (Fsp3) is 0.556. The topological polar surface area (TPSA) is 66.0 Å². The molecule has 0 spiro atoms. The van der Waals surface area contributed by atoms with Gasteiger partial charge in [-0.2, -0.15) is 0 Å². The molecule has 0 aromatic heterocycles. The molecule has 0 radical (unpaired) electrons. The number of hydrogen-bond acceptors (Lipinski definition) is 3. The zero-order chi connectivity index (χ0) is 18.1. The van der Waals surface area contributed by atoms with Crippen LogP contribution in [0.15, 0.2) is 29.3 Å². The zero-order valence-corrected chi connectivity index (χ0v) is 18.4. The second-order valence-electron chi connectivity index (χ2n) is 6.30. The van der Waals surface area contributed by atoms with Gasteiger partial charge in [-0.05, 0) is 37.0 Å². The van der Waals surface area contributed by atoms with Gasteiger partial charge in [0, 0.05) is 32.3 Å². The Morgan fingerprint density at radius 3 is 2.62 bits per heavy atom. The predicted octanol–water partition coefficient (Wildman–Crippen LogP) is 2.65. The van der Waals surface area contributed by atoms with Gasteiger partial charge in [0.1, 0.15) is 0 Å². The first-order valence-electron chi connectivity index (χ1n) is 8.63. The Hall–Kier alpha value is -1.06. The van der Waals surface area contributed by atoms with Gasteiger partial charge in [-0.3, -0.25) is 4.79 Å². The summed E-state index contributed by atoms with van der Waals surface area (Å²) in [5.74, 6) is 0.606. The number of guanidine groups is 1. The number of carbonyl (C=O) groups is 1. The van der Waals surface area contributed by atoms with Crippen LogP contribution in [0.1, 0.15) is 24.8 Å². The molecule has 1 aromatic rings. The van der Waals surface area contributed by atoms with E-state index in [1.807, 2.05) is 24.3 Å². The number of rotatable bonds is 6. The summed E-state index contributed by atoms with van der Waals surface area (Å²) in [4.78, 5) is 17.9. The maximum atomic E-state index is 11.8. The number of carbonyl (C=O) groups excluding carboxylic acids is 1. The molecule has 1 aromatic carbocycles. The van der Waals surface area contributed by atoms with Gasteiger partial charge in [0.15, 0.2) is 5.96 Å². The van der Waals surface area contributed by atoms with Crippen LogP contribution in [0.2, 0.25) is 5.02 Å². The van der Waals surface area contributed by atoms with Gasteiger partial charge in [0.05, 0.1) is 19.2 Å². The first-order chi connectivity index (χ1) is 12.0. The minimum absolute atomic E-state index is 0. The highest BCUT2D eigenvalue weighted by Crippen LogP contribution is 2.12. The maximum absolute atomic E-state index is 11.8. The second-order valence-corrected chi connectivity index (χ2v) is 6.74. The molecule has 0 aliphatic carbocycles. The van der Waals surface area contributed by atoms with Crippen molar-refractivity contribution in [3.63, 3.8) is 0 Å². The summed E-state index contributed by atoms with van der Waals surface area (Å²) in [5, 5.41) is 7.07. The van der Waals surface area contributed by atoms with Crippen LogP contribution in [0.3, 0.4) is 0 Å². The van der Waals surface area contributed by atoms with Crippen LogP contribution < -0.4 is 10.6 Å². The molecule has 1 saturated heterocycles. The zero-order valence-electron chi connectivity index (χ0n) is 15.3. The largest absolute Gasteiger partial charge is 0.376 e. The average molecular weight is 495 g/mol. The van der Waals surface area contributed by atoms with Crippen LogP contribution in [-0.2, 0) is 16.1 Å². The molecule has 8 heteroatoms. The summed E-state index contributed by atoms with van der Waals surface area (Å²) < 4.78 is 5.73. The van der Waals surface area contributed by atoms with E-state index in [1.165, 1.54) is 6.42 Å². The van der Waals surface area contributed by atoms with E-state index in [0.717, 1.165) is 25.0 Å². The number of aliphatic imine (C=N–C) groups is 1. The Morgan fingerprint density at radius 1 is 1.27 bits per heavy atom. The molecule has 1 atom stereocenters. The number of ether oxygens (including phenoxy) is 1. The monoisotopic (exact) mass is 494 g/mol. The molecule has 26 heavy (non-hydrogen) atoms. The number of benzene rings is 1. The first kappa shape index (κ1) is 23.0. The molecular weight excluding hydrogens is 467 g/mol. The summed E-state index contributed by atoms with van der Waals surface area (Å²) in [6.45, 7) is 2.21. The summed E-state index contributed by atoms with van der Waals surface area (Å²) in [6, 6.07) is 7.58. The minimum atomic E-state index is -0.00471. The van der Waals surface area contributed by atoms with Gasteiger partial charge in [-0.1, -0.05) is 23.7 Å². The summed E-state index contributed by atoms with van der Waals surface area (Å²) in [7, 11) is 3.47. The summed E-state index contributed by atoms with van der Waals surface area (Å²) >= 11 is 5.91. The molecule has 0 saturated carbocycles. The van der Waals surface area contributed by atoms with Crippen LogP contribution in [0, 0.1) is 0 Å². The highest BCUT2D eigenvalue weighted by atomic mass is 127. The molecule has 146 valence electrons. The Labute approximate surface area is 177 Å². The number of nitrogens with zero attached hydrogens (tertiary/aromatic N) is 2. The van der Waals surface area contributed by atoms with Gasteiger partial charge in [-0.15, -0.1) is 24.0 Å². The van der Waals surface area contributed by atoms with Crippen LogP contribution >= 0.6 is 35.6 Å². The third-order valence-electron chi connectivity index (χ3n) is 4.01. The lowest BCUT2D eigenvalue weighted by molar-refractivity contribution is -0.127. The van der Waals surface area contributed by atoms with Crippen molar-refractivity contribution in [2.24, 2.45) is 4.99 Å². The van der Waals surface area contributed by atoms with Crippen molar-refractivity contribution in [2.75, 3.05) is 33.8 Å². The first-order valence-corrected chi connectivity index (χ1v) is 9.01. The van der Waals surface area contributed by atoms with Crippen molar-refractivity contribution in [3.05, 3.63) is 34.9 Å². The smallest absolute Gasteiger partial charge is 0.241 e. The van der Waals surface area contributed by atoms with Crippen molar-refractivity contribution in [2.45, 2.75) is 31.9 Å². The molecule has 0 bridgehead atoms. The summed E-state index contributed by atoms with van der Waals surface area (Å²) in [5.41, 5.74) is 1.05. The Balaban J connectivity index is 0.00000338. The van der Waals surface area contributed by atoms with E-state index in [4.69, 9.17) is 16.3 Å². The number of nitrogens with one attached hydrogen (secondary N) is 2. The Morgan fingerprint density at radius 2 is 2.00 bits per heavy atom. The van der Waals surface area contributed by atoms with Gasteiger partial charge in [0.2, 0.25) is 5.91 Å². The Bertz CT molecular complexity index is 575. The van der Waals surface area contributed by atoms with E-state index >= 15 is 0 Å². The van der Waals surface area contributed by atoms with Gasteiger partial charge in [0.25, 0.3) is 0 Å². The van der Waals surface area contributed by atoms with Crippen LogP contribution in [0.4, 0.5) is 0 Å². The quantitative estimate of drug-likeness (QED) is 0.363. The second kappa shape index (κ2) is 12.3. The van der Waals surface area contributed by atoms with Crippen molar-refractivity contribution in [1.29, 1.82) is 0 Å². The van der Waals surface area contributed by atoms with Gasteiger partial charge >= 0.3 is 0 Å². The van der Waals surface area contributed by atoms with E-state index in [9.17, 15) is 4.79 Å². The van der Waals surface area contributed by atoms with Gasteiger partial charge < -0.3 is 20.3 Å². The fourth-order valence-corrected chi connectivity index (χ4v) is 2.56. The molecule has 1 heterocycles. The molecule has 6 nitrogen and oxygen atoms in total. The number of halogens is 2. The highest BCUT2D eigenvalue weighted by Gasteiger charge is 2.14.